The van der Waals surface area contributed by atoms with Crippen LogP contribution >= 0.6 is 15.9 Å². The molecule has 1 saturated carbocycles. The molecule has 0 aromatic heterocycles. The van der Waals surface area contributed by atoms with Crippen molar-refractivity contribution in [2.75, 3.05) is 11.9 Å². The minimum Gasteiger partial charge on any atom is -0.322 e. The molecule has 116 valence electrons. The lowest BCUT2D eigenvalue weighted by atomic mass is 9.97. The van der Waals surface area contributed by atoms with Gasteiger partial charge in [-0.2, -0.15) is 0 Å². The van der Waals surface area contributed by atoms with Crippen LogP contribution in [0.5, 0.6) is 0 Å². The molecule has 5 heteroatoms. The average molecular weight is 357 g/mol. The summed E-state index contributed by atoms with van der Waals surface area (Å²) in [6.07, 6.45) is 8.60. The molecule has 0 atom stereocenters. The van der Waals surface area contributed by atoms with Gasteiger partial charge in [-0.25, -0.2) is 4.39 Å². The molecular weight excluding hydrogens is 335 g/mol. The van der Waals surface area contributed by atoms with E-state index in [-0.39, 0.29) is 18.1 Å². The molecule has 0 radical (unpaired) electrons. The van der Waals surface area contributed by atoms with Gasteiger partial charge in [-0.3, -0.25) is 4.79 Å². The number of carbonyl (C=O) groups excluding carboxylic acids is 1. The Labute approximate surface area is 133 Å². The Morgan fingerprint density at radius 2 is 1.86 bits per heavy atom. The first-order valence-electron chi connectivity index (χ1n) is 7.63. The largest absolute Gasteiger partial charge is 0.322 e. The van der Waals surface area contributed by atoms with E-state index in [0.717, 1.165) is 12.8 Å². The fourth-order valence-corrected chi connectivity index (χ4v) is 3.02. The highest BCUT2D eigenvalue weighted by molar-refractivity contribution is 9.10. The number of rotatable bonds is 4. The van der Waals surface area contributed by atoms with E-state index in [0.29, 0.717) is 10.5 Å². The molecule has 0 saturated heterocycles. The minimum absolute atomic E-state index is 0.196. The molecule has 0 aliphatic heterocycles. The second-order valence-corrected chi connectivity index (χ2v) is 6.51. The summed E-state index contributed by atoms with van der Waals surface area (Å²) in [6, 6.07) is 5.03. The smallest absolute Gasteiger partial charge is 0.238 e. The van der Waals surface area contributed by atoms with Crippen molar-refractivity contribution >= 4 is 27.5 Å². The Balaban J connectivity index is 1.78. The standard InChI is InChI=1S/C16H22BrFN2O/c17-12-8-9-15(14(18)10-12)20-16(21)11-19-13-6-4-2-1-3-5-7-13/h8-10,13,19H,1-7,11H2,(H,20,21). The van der Waals surface area contributed by atoms with Gasteiger partial charge in [0.1, 0.15) is 5.82 Å². The third-order valence-electron chi connectivity index (χ3n) is 3.86. The van der Waals surface area contributed by atoms with Gasteiger partial charge in [0.05, 0.1) is 12.2 Å². The maximum Gasteiger partial charge on any atom is 0.238 e. The molecule has 2 rings (SSSR count). The lowest BCUT2D eigenvalue weighted by Gasteiger charge is -2.20. The number of benzene rings is 1. The Bertz CT molecular complexity index is 473. The number of anilines is 1. The van der Waals surface area contributed by atoms with E-state index in [1.54, 1.807) is 12.1 Å². The van der Waals surface area contributed by atoms with Crippen LogP contribution in [0.15, 0.2) is 22.7 Å². The first-order chi connectivity index (χ1) is 10.1. The zero-order valence-electron chi connectivity index (χ0n) is 12.1. The molecule has 0 unspecified atom stereocenters. The summed E-state index contributed by atoms with van der Waals surface area (Å²) >= 11 is 3.19. The van der Waals surface area contributed by atoms with Gasteiger partial charge in [0.2, 0.25) is 5.91 Å². The summed E-state index contributed by atoms with van der Waals surface area (Å²) in [5.41, 5.74) is 0.225. The van der Waals surface area contributed by atoms with Crippen LogP contribution in [-0.2, 0) is 4.79 Å². The van der Waals surface area contributed by atoms with Crippen LogP contribution in [0, 0.1) is 5.82 Å². The quantitative estimate of drug-likeness (QED) is 0.847. The summed E-state index contributed by atoms with van der Waals surface area (Å²) in [5, 5.41) is 5.90. The molecular formula is C16H22BrFN2O. The summed E-state index contributed by atoms with van der Waals surface area (Å²) in [4.78, 5) is 11.9. The van der Waals surface area contributed by atoms with Crippen LogP contribution < -0.4 is 10.6 Å². The molecule has 2 N–H and O–H groups in total. The van der Waals surface area contributed by atoms with Crippen LogP contribution in [0.25, 0.3) is 0 Å². The molecule has 1 amide bonds. The third kappa shape index (κ3) is 5.75. The summed E-state index contributed by atoms with van der Waals surface area (Å²) in [6.45, 7) is 0.236. The van der Waals surface area contributed by atoms with Crippen molar-refractivity contribution in [2.45, 2.75) is 51.0 Å². The fraction of sp³-hybridized carbons (Fsp3) is 0.562. The Hall–Kier alpha value is -0.940. The molecule has 1 aliphatic rings. The normalized spacial score (nSPS) is 17.0. The maximum atomic E-state index is 13.6. The first-order valence-corrected chi connectivity index (χ1v) is 8.43. The first kappa shape index (κ1) is 16.4. The Morgan fingerprint density at radius 3 is 2.52 bits per heavy atom. The van der Waals surface area contributed by atoms with Crippen molar-refractivity contribution in [3.05, 3.63) is 28.5 Å². The molecule has 3 nitrogen and oxygen atoms in total. The summed E-state index contributed by atoms with van der Waals surface area (Å²) < 4.78 is 14.3. The van der Waals surface area contributed by atoms with Crippen molar-refractivity contribution in [1.82, 2.24) is 5.32 Å². The van der Waals surface area contributed by atoms with Crippen molar-refractivity contribution in [3.8, 4) is 0 Å². The van der Waals surface area contributed by atoms with Crippen LogP contribution in [0.1, 0.15) is 44.9 Å². The van der Waals surface area contributed by atoms with E-state index in [4.69, 9.17) is 0 Å². The average Bonchev–Trinajstić information content (AvgIpc) is 2.41. The van der Waals surface area contributed by atoms with E-state index in [9.17, 15) is 9.18 Å². The zero-order chi connectivity index (χ0) is 15.1. The number of nitrogens with one attached hydrogen (secondary N) is 2. The van der Waals surface area contributed by atoms with Gasteiger partial charge in [-0.15, -0.1) is 0 Å². The van der Waals surface area contributed by atoms with Gasteiger partial charge in [-0.05, 0) is 31.0 Å². The van der Waals surface area contributed by atoms with E-state index in [1.165, 1.54) is 38.2 Å². The second kappa shape index (κ2) is 8.49. The minimum atomic E-state index is -0.427. The predicted molar refractivity (Wildman–Crippen MR) is 86.8 cm³/mol. The van der Waals surface area contributed by atoms with E-state index in [1.807, 2.05) is 0 Å². The predicted octanol–water partition coefficient (Wildman–Crippen LogP) is 4.23. The van der Waals surface area contributed by atoms with E-state index in [2.05, 4.69) is 26.6 Å². The Morgan fingerprint density at radius 1 is 1.19 bits per heavy atom. The lowest BCUT2D eigenvalue weighted by molar-refractivity contribution is -0.115. The highest BCUT2D eigenvalue weighted by Gasteiger charge is 2.13. The molecule has 0 heterocycles. The molecule has 1 aliphatic carbocycles. The van der Waals surface area contributed by atoms with Crippen molar-refractivity contribution in [3.63, 3.8) is 0 Å². The number of hydrogen-bond donors (Lipinski definition) is 2. The Kier molecular flexibility index (Phi) is 6.64. The number of amides is 1. The van der Waals surface area contributed by atoms with Crippen LogP contribution in [-0.4, -0.2) is 18.5 Å². The van der Waals surface area contributed by atoms with Gasteiger partial charge < -0.3 is 10.6 Å². The molecule has 0 bridgehead atoms. The molecule has 21 heavy (non-hydrogen) atoms. The van der Waals surface area contributed by atoms with Crippen LogP contribution in [0.4, 0.5) is 10.1 Å². The maximum absolute atomic E-state index is 13.6. The van der Waals surface area contributed by atoms with E-state index < -0.39 is 5.82 Å². The topological polar surface area (TPSA) is 41.1 Å². The van der Waals surface area contributed by atoms with E-state index >= 15 is 0 Å². The van der Waals surface area contributed by atoms with Crippen LogP contribution in [0.3, 0.4) is 0 Å². The summed E-state index contributed by atoms with van der Waals surface area (Å²) in [7, 11) is 0. The molecule has 1 aromatic rings. The SMILES string of the molecule is O=C(CNC1CCCCCCC1)Nc1ccc(Br)cc1F. The fourth-order valence-electron chi connectivity index (χ4n) is 2.68. The molecule has 1 aromatic carbocycles. The number of halogens is 2. The van der Waals surface area contributed by atoms with Gasteiger partial charge in [0.25, 0.3) is 0 Å². The number of hydrogen-bond acceptors (Lipinski definition) is 2. The third-order valence-corrected chi connectivity index (χ3v) is 4.35. The highest BCUT2D eigenvalue weighted by Crippen LogP contribution is 2.19. The second-order valence-electron chi connectivity index (χ2n) is 5.60. The zero-order valence-corrected chi connectivity index (χ0v) is 13.7. The van der Waals surface area contributed by atoms with Gasteiger partial charge in [0.15, 0.2) is 0 Å². The highest BCUT2D eigenvalue weighted by atomic mass is 79.9. The monoisotopic (exact) mass is 356 g/mol. The van der Waals surface area contributed by atoms with Gasteiger partial charge in [0, 0.05) is 10.5 Å². The van der Waals surface area contributed by atoms with Gasteiger partial charge in [-0.1, -0.05) is 48.0 Å². The number of carbonyl (C=O) groups is 1. The van der Waals surface area contributed by atoms with Crippen molar-refractivity contribution in [2.24, 2.45) is 0 Å². The molecule has 0 spiro atoms. The summed E-state index contributed by atoms with van der Waals surface area (Å²) in [5.74, 6) is -0.623. The van der Waals surface area contributed by atoms with Crippen molar-refractivity contribution < 1.29 is 9.18 Å². The van der Waals surface area contributed by atoms with Crippen molar-refractivity contribution in [1.29, 1.82) is 0 Å². The van der Waals surface area contributed by atoms with Gasteiger partial charge >= 0.3 is 0 Å². The lowest BCUT2D eigenvalue weighted by Crippen LogP contribution is -2.36. The molecule has 1 fully saturated rings. The van der Waals surface area contributed by atoms with Crippen LogP contribution in [0.2, 0.25) is 0 Å².